The molecular formula is C12H17N3O2. The van der Waals surface area contributed by atoms with E-state index in [0.29, 0.717) is 19.4 Å². The molecule has 0 radical (unpaired) electrons. The molecular weight excluding hydrogens is 218 g/mol. The molecule has 1 saturated heterocycles. The smallest absolute Gasteiger partial charge is 0.323 e. The number of hydrogen-bond donors (Lipinski definition) is 1. The van der Waals surface area contributed by atoms with Gasteiger partial charge in [-0.25, -0.2) is 4.79 Å². The van der Waals surface area contributed by atoms with Gasteiger partial charge in [0.15, 0.2) is 0 Å². The van der Waals surface area contributed by atoms with Gasteiger partial charge in [0.2, 0.25) is 0 Å². The second-order valence-corrected chi connectivity index (χ2v) is 5.34. The zero-order valence-corrected chi connectivity index (χ0v) is 10.2. The van der Waals surface area contributed by atoms with Crippen LogP contribution in [0.1, 0.15) is 39.5 Å². The van der Waals surface area contributed by atoms with Gasteiger partial charge < -0.3 is 5.32 Å². The molecule has 0 aromatic carbocycles. The second kappa shape index (κ2) is 3.73. The van der Waals surface area contributed by atoms with Gasteiger partial charge in [-0.05, 0) is 26.2 Å². The molecule has 2 aliphatic rings. The van der Waals surface area contributed by atoms with E-state index in [1.807, 2.05) is 6.92 Å². The van der Waals surface area contributed by atoms with Crippen LogP contribution >= 0.6 is 0 Å². The molecule has 1 saturated carbocycles. The Kier molecular flexibility index (Phi) is 2.61. The molecule has 1 unspecified atom stereocenters. The van der Waals surface area contributed by atoms with Gasteiger partial charge in [0, 0.05) is 18.4 Å². The Bertz CT molecular complexity index is 408. The van der Waals surface area contributed by atoms with Gasteiger partial charge in [-0.1, -0.05) is 6.92 Å². The normalized spacial score (nSPS) is 30.1. The molecule has 0 aromatic rings. The van der Waals surface area contributed by atoms with Crippen molar-refractivity contribution in [1.82, 2.24) is 10.2 Å². The third-order valence-corrected chi connectivity index (χ3v) is 3.96. The van der Waals surface area contributed by atoms with Crippen LogP contribution in [-0.4, -0.2) is 28.9 Å². The van der Waals surface area contributed by atoms with Gasteiger partial charge in [0.1, 0.15) is 5.54 Å². The first-order valence-corrected chi connectivity index (χ1v) is 5.97. The minimum absolute atomic E-state index is 0.124. The van der Waals surface area contributed by atoms with E-state index in [0.717, 1.165) is 12.8 Å². The minimum Gasteiger partial charge on any atom is -0.323 e. The maximum absolute atomic E-state index is 12.1. The lowest BCUT2D eigenvalue weighted by Crippen LogP contribution is -2.43. The van der Waals surface area contributed by atoms with Crippen LogP contribution in [0.25, 0.3) is 0 Å². The van der Waals surface area contributed by atoms with Gasteiger partial charge in [-0.15, -0.1) is 0 Å². The van der Waals surface area contributed by atoms with Crippen LogP contribution in [0.3, 0.4) is 0 Å². The van der Waals surface area contributed by atoms with Crippen molar-refractivity contribution >= 4 is 11.9 Å². The first kappa shape index (κ1) is 11.9. The van der Waals surface area contributed by atoms with Crippen LogP contribution in [0.2, 0.25) is 0 Å². The van der Waals surface area contributed by atoms with E-state index in [2.05, 4.69) is 11.4 Å². The predicted octanol–water partition coefficient (Wildman–Crippen LogP) is 1.40. The summed E-state index contributed by atoms with van der Waals surface area (Å²) in [5, 5.41) is 11.5. The van der Waals surface area contributed by atoms with E-state index in [9.17, 15) is 9.59 Å². The second-order valence-electron chi connectivity index (χ2n) is 5.34. The summed E-state index contributed by atoms with van der Waals surface area (Å²) >= 11 is 0. The van der Waals surface area contributed by atoms with Crippen LogP contribution in [0.4, 0.5) is 4.79 Å². The fraction of sp³-hybridized carbons (Fsp3) is 0.750. The van der Waals surface area contributed by atoms with Crippen molar-refractivity contribution in [2.75, 3.05) is 6.54 Å². The van der Waals surface area contributed by atoms with Gasteiger partial charge >= 0.3 is 6.03 Å². The Balaban J connectivity index is 2.10. The van der Waals surface area contributed by atoms with Crippen molar-refractivity contribution < 1.29 is 9.59 Å². The number of urea groups is 1. The molecule has 5 nitrogen and oxygen atoms in total. The van der Waals surface area contributed by atoms with Crippen LogP contribution in [-0.2, 0) is 4.79 Å². The Morgan fingerprint density at radius 2 is 2.12 bits per heavy atom. The summed E-state index contributed by atoms with van der Waals surface area (Å²) in [4.78, 5) is 25.2. The number of nitriles is 1. The number of imide groups is 1. The zero-order valence-electron chi connectivity index (χ0n) is 10.2. The lowest BCUT2D eigenvalue weighted by atomic mass is 9.98. The molecule has 1 aliphatic carbocycles. The number of rotatable bonds is 4. The maximum Gasteiger partial charge on any atom is 0.325 e. The number of carbonyl (C=O) groups excluding carboxylic acids is 2. The van der Waals surface area contributed by atoms with Crippen molar-refractivity contribution in [2.24, 2.45) is 5.41 Å². The summed E-state index contributed by atoms with van der Waals surface area (Å²) in [7, 11) is 0. The Morgan fingerprint density at radius 3 is 2.53 bits per heavy atom. The average Bonchev–Trinajstić information content (AvgIpc) is 3.01. The van der Waals surface area contributed by atoms with Crippen molar-refractivity contribution in [3.05, 3.63) is 0 Å². The molecule has 17 heavy (non-hydrogen) atoms. The van der Waals surface area contributed by atoms with Crippen molar-refractivity contribution in [2.45, 2.75) is 45.1 Å². The molecule has 1 atom stereocenters. The molecule has 1 aliphatic heterocycles. The number of hydrogen-bond acceptors (Lipinski definition) is 3. The van der Waals surface area contributed by atoms with E-state index in [-0.39, 0.29) is 17.4 Å². The number of amides is 3. The summed E-state index contributed by atoms with van der Waals surface area (Å²) in [5.41, 5.74) is -0.888. The van der Waals surface area contributed by atoms with Gasteiger partial charge in [-0.3, -0.25) is 9.69 Å². The Hall–Kier alpha value is -1.57. The summed E-state index contributed by atoms with van der Waals surface area (Å²) in [6.07, 6.45) is 2.87. The van der Waals surface area contributed by atoms with E-state index < -0.39 is 5.54 Å². The quantitative estimate of drug-likeness (QED) is 0.748. The van der Waals surface area contributed by atoms with E-state index >= 15 is 0 Å². The molecule has 2 rings (SSSR count). The van der Waals surface area contributed by atoms with E-state index in [1.54, 1.807) is 6.92 Å². The first-order chi connectivity index (χ1) is 7.96. The summed E-state index contributed by atoms with van der Waals surface area (Å²) in [6, 6.07) is 1.82. The molecule has 92 valence electrons. The fourth-order valence-electron chi connectivity index (χ4n) is 2.20. The SMILES string of the molecule is CCC1(C)NC(=O)N(CC2(CC#N)CC2)C1=O. The number of carbonyl (C=O) groups is 2. The predicted molar refractivity (Wildman–Crippen MR) is 60.8 cm³/mol. The topological polar surface area (TPSA) is 73.2 Å². The number of nitrogens with one attached hydrogen (secondary N) is 1. The lowest BCUT2D eigenvalue weighted by molar-refractivity contribution is -0.131. The molecule has 0 bridgehead atoms. The van der Waals surface area contributed by atoms with Gasteiger partial charge in [-0.2, -0.15) is 5.26 Å². The highest BCUT2D eigenvalue weighted by Gasteiger charge is 2.52. The van der Waals surface area contributed by atoms with Crippen molar-refractivity contribution in [3.63, 3.8) is 0 Å². The van der Waals surface area contributed by atoms with Crippen LogP contribution < -0.4 is 5.32 Å². The van der Waals surface area contributed by atoms with Crippen LogP contribution in [0, 0.1) is 16.7 Å². The molecule has 2 fully saturated rings. The fourth-order valence-corrected chi connectivity index (χ4v) is 2.20. The zero-order chi connectivity index (χ0) is 12.7. The molecule has 0 aromatic heterocycles. The Morgan fingerprint density at radius 1 is 1.47 bits per heavy atom. The minimum atomic E-state index is -0.764. The van der Waals surface area contributed by atoms with Gasteiger partial charge in [0.25, 0.3) is 5.91 Å². The van der Waals surface area contributed by atoms with Crippen molar-refractivity contribution in [1.29, 1.82) is 5.26 Å². The highest BCUT2D eigenvalue weighted by atomic mass is 16.2. The molecule has 1 N–H and O–H groups in total. The largest absolute Gasteiger partial charge is 0.325 e. The highest BCUT2D eigenvalue weighted by molar-refractivity contribution is 6.06. The Labute approximate surface area is 101 Å². The van der Waals surface area contributed by atoms with Crippen LogP contribution in [0.15, 0.2) is 0 Å². The monoisotopic (exact) mass is 235 g/mol. The molecule has 3 amide bonds. The summed E-state index contributed by atoms with van der Waals surface area (Å²) in [6.45, 7) is 4.02. The highest BCUT2D eigenvalue weighted by Crippen LogP contribution is 2.49. The molecule has 0 spiro atoms. The lowest BCUT2D eigenvalue weighted by Gasteiger charge is -2.21. The first-order valence-electron chi connectivity index (χ1n) is 5.97. The maximum atomic E-state index is 12.1. The third-order valence-electron chi connectivity index (χ3n) is 3.96. The molecule has 5 heteroatoms. The number of nitrogens with zero attached hydrogens (tertiary/aromatic N) is 2. The third kappa shape index (κ3) is 1.88. The molecule has 1 heterocycles. The van der Waals surface area contributed by atoms with E-state index in [4.69, 9.17) is 5.26 Å². The average molecular weight is 235 g/mol. The van der Waals surface area contributed by atoms with E-state index in [1.165, 1.54) is 4.90 Å². The summed E-state index contributed by atoms with van der Waals surface area (Å²) < 4.78 is 0. The van der Waals surface area contributed by atoms with Gasteiger partial charge in [0.05, 0.1) is 6.07 Å². The van der Waals surface area contributed by atoms with Crippen LogP contribution in [0.5, 0.6) is 0 Å². The standard InChI is InChI=1S/C12H17N3O2/c1-3-11(2)9(16)15(10(17)14-11)8-12(4-5-12)6-7-13/h3-6,8H2,1-2H3,(H,14,17). The van der Waals surface area contributed by atoms with Crippen molar-refractivity contribution in [3.8, 4) is 6.07 Å². The summed E-state index contributed by atoms with van der Waals surface area (Å²) in [5.74, 6) is -0.158.